The number of esters is 2. The summed E-state index contributed by atoms with van der Waals surface area (Å²) in [6.45, 7) is 2.13. The van der Waals surface area contributed by atoms with Gasteiger partial charge in [-0.25, -0.2) is 0 Å². The van der Waals surface area contributed by atoms with Crippen molar-refractivity contribution in [3.05, 3.63) is 95.6 Å². The molecular weight excluding hydrogens is 536 g/mol. The molecule has 0 fully saturated rings. The quantitative estimate of drug-likeness (QED) is 0.134. The smallest absolute Gasteiger partial charge is 0.321 e. The highest BCUT2D eigenvalue weighted by molar-refractivity contribution is 9.09. The molecule has 0 bridgehead atoms. The van der Waals surface area contributed by atoms with Crippen LogP contribution in [0.4, 0.5) is 0 Å². The summed E-state index contributed by atoms with van der Waals surface area (Å²) in [6, 6.07) is 25.2. The topological polar surface area (TPSA) is 52.6 Å². The van der Waals surface area contributed by atoms with Gasteiger partial charge in [-0.2, -0.15) is 0 Å². The molecule has 0 aliphatic rings. The SMILES string of the molecule is CCC(=C(c1ccc(OC(=O)CBr)cc1)c1ccc(OC(=O)CBr)cc1)c1ccccc1. The lowest BCUT2D eigenvalue weighted by Gasteiger charge is -2.17. The molecule has 164 valence electrons. The summed E-state index contributed by atoms with van der Waals surface area (Å²) < 4.78 is 10.6. The lowest BCUT2D eigenvalue weighted by Crippen LogP contribution is -2.08. The van der Waals surface area contributed by atoms with Gasteiger partial charge < -0.3 is 9.47 Å². The molecular formula is C26H22Br2O4. The zero-order valence-electron chi connectivity index (χ0n) is 17.5. The van der Waals surface area contributed by atoms with Gasteiger partial charge in [0.25, 0.3) is 0 Å². The normalized spacial score (nSPS) is 10.3. The first kappa shape index (κ1) is 24.0. The van der Waals surface area contributed by atoms with Crippen molar-refractivity contribution in [2.75, 3.05) is 10.7 Å². The number of hydrogen-bond donors (Lipinski definition) is 0. The van der Waals surface area contributed by atoms with Crippen molar-refractivity contribution in [1.82, 2.24) is 0 Å². The molecule has 0 atom stereocenters. The van der Waals surface area contributed by atoms with Crippen LogP contribution in [0, 0.1) is 0 Å². The Morgan fingerprint density at radius 1 is 0.656 bits per heavy atom. The number of carbonyl (C=O) groups is 2. The van der Waals surface area contributed by atoms with Gasteiger partial charge >= 0.3 is 11.9 Å². The molecule has 0 spiro atoms. The van der Waals surface area contributed by atoms with Crippen molar-refractivity contribution in [2.45, 2.75) is 13.3 Å². The van der Waals surface area contributed by atoms with Gasteiger partial charge in [0, 0.05) is 0 Å². The molecule has 4 nitrogen and oxygen atoms in total. The molecule has 0 amide bonds. The highest BCUT2D eigenvalue weighted by atomic mass is 79.9. The maximum Gasteiger partial charge on any atom is 0.321 e. The molecule has 0 aliphatic carbocycles. The van der Waals surface area contributed by atoms with Crippen molar-refractivity contribution >= 4 is 54.9 Å². The number of ether oxygens (including phenoxy) is 2. The van der Waals surface area contributed by atoms with Gasteiger partial charge in [0.1, 0.15) is 22.2 Å². The number of hydrogen-bond acceptors (Lipinski definition) is 4. The van der Waals surface area contributed by atoms with Crippen LogP contribution in [0.15, 0.2) is 78.9 Å². The Hall–Kier alpha value is -2.70. The lowest BCUT2D eigenvalue weighted by molar-refractivity contribution is -0.132. The van der Waals surface area contributed by atoms with Crippen molar-refractivity contribution in [1.29, 1.82) is 0 Å². The number of rotatable bonds is 8. The molecule has 3 aromatic carbocycles. The summed E-state index contributed by atoms with van der Waals surface area (Å²) >= 11 is 6.21. The highest BCUT2D eigenvalue weighted by Crippen LogP contribution is 2.35. The van der Waals surface area contributed by atoms with Crippen LogP contribution in [0.1, 0.15) is 30.0 Å². The van der Waals surface area contributed by atoms with Gasteiger partial charge in [-0.15, -0.1) is 0 Å². The lowest BCUT2D eigenvalue weighted by atomic mass is 9.88. The van der Waals surface area contributed by atoms with E-state index in [2.05, 4.69) is 50.9 Å². The van der Waals surface area contributed by atoms with E-state index in [0.717, 1.165) is 28.7 Å². The van der Waals surface area contributed by atoms with Crippen LogP contribution in [-0.2, 0) is 9.59 Å². The maximum atomic E-state index is 11.6. The fourth-order valence-corrected chi connectivity index (χ4v) is 3.61. The Labute approximate surface area is 204 Å². The van der Waals surface area contributed by atoms with Crippen molar-refractivity contribution in [2.24, 2.45) is 0 Å². The molecule has 0 radical (unpaired) electrons. The predicted octanol–water partition coefficient (Wildman–Crippen LogP) is 6.66. The highest BCUT2D eigenvalue weighted by Gasteiger charge is 2.14. The fraction of sp³-hybridized carbons (Fsp3) is 0.154. The van der Waals surface area contributed by atoms with E-state index in [1.807, 2.05) is 42.5 Å². The zero-order chi connectivity index (χ0) is 22.9. The number of benzene rings is 3. The first-order valence-corrected chi connectivity index (χ1v) is 12.3. The predicted molar refractivity (Wildman–Crippen MR) is 134 cm³/mol. The average molecular weight is 558 g/mol. The minimum atomic E-state index is -0.347. The Morgan fingerprint density at radius 3 is 1.47 bits per heavy atom. The van der Waals surface area contributed by atoms with Crippen LogP contribution in [-0.4, -0.2) is 22.6 Å². The molecule has 3 rings (SSSR count). The molecule has 0 N–H and O–H groups in total. The molecule has 0 aliphatic heterocycles. The van der Waals surface area contributed by atoms with Crippen LogP contribution < -0.4 is 9.47 Å². The van der Waals surface area contributed by atoms with Gasteiger partial charge in [-0.1, -0.05) is 93.4 Å². The van der Waals surface area contributed by atoms with E-state index in [-0.39, 0.29) is 22.6 Å². The monoisotopic (exact) mass is 556 g/mol. The van der Waals surface area contributed by atoms with E-state index in [9.17, 15) is 9.59 Å². The van der Waals surface area contributed by atoms with Crippen LogP contribution in [0.5, 0.6) is 11.5 Å². The standard InChI is InChI=1S/C26H22Br2O4/c1-2-23(18-6-4-3-5-7-18)26(19-8-12-21(13-9-19)31-24(29)16-27)20-10-14-22(15-11-20)32-25(30)17-28/h3-15H,2,16-17H2,1H3. The third-order valence-electron chi connectivity index (χ3n) is 4.75. The van der Waals surface area contributed by atoms with E-state index in [1.165, 1.54) is 5.57 Å². The number of halogens is 2. The molecule has 0 saturated carbocycles. The van der Waals surface area contributed by atoms with Gasteiger partial charge in [-0.05, 0) is 58.5 Å². The Kier molecular flexibility index (Phi) is 8.82. The van der Waals surface area contributed by atoms with Gasteiger partial charge in [0.2, 0.25) is 0 Å². The first-order valence-electron chi connectivity index (χ1n) is 10.1. The summed E-state index contributed by atoms with van der Waals surface area (Å²) in [5.41, 5.74) is 5.37. The fourth-order valence-electron chi connectivity index (χ4n) is 3.38. The Morgan fingerprint density at radius 2 is 1.09 bits per heavy atom. The third-order valence-corrected chi connectivity index (χ3v) is 5.66. The average Bonchev–Trinajstić information content (AvgIpc) is 2.84. The minimum Gasteiger partial charge on any atom is -0.426 e. The second-order valence-electron chi connectivity index (χ2n) is 6.84. The summed E-state index contributed by atoms with van der Waals surface area (Å²) in [5.74, 6) is 0.293. The van der Waals surface area contributed by atoms with E-state index in [0.29, 0.717) is 11.5 Å². The summed E-state index contributed by atoms with van der Waals surface area (Å²) in [5, 5.41) is 0.278. The van der Waals surface area contributed by atoms with Crippen LogP contribution in [0.3, 0.4) is 0 Å². The molecule has 3 aromatic rings. The number of alkyl halides is 2. The first-order chi connectivity index (χ1) is 15.5. The van der Waals surface area contributed by atoms with Crippen LogP contribution >= 0.6 is 31.9 Å². The largest absolute Gasteiger partial charge is 0.426 e. The van der Waals surface area contributed by atoms with E-state index in [1.54, 1.807) is 24.3 Å². The molecule has 32 heavy (non-hydrogen) atoms. The third kappa shape index (κ3) is 6.17. The zero-order valence-corrected chi connectivity index (χ0v) is 20.7. The van der Waals surface area contributed by atoms with Crippen molar-refractivity contribution in [3.63, 3.8) is 0 Å². The molecule has 6 heteroatoms. The van der Waals surface area contributed by atoms with E-state index < -0.39 is 0 Å². The second kappa shape index (κ2) is 11.8. The van der Waals surface area contributed by atoms with Gasteiger partial charge in [0.05, 0.1) is 0 Å². The van der Waals surface area contributed by atoms with Gasteiger partial charge in [-0.3, -0.25) is 9.59 Å². The molecule has 0 heterocycles. The van der Waals surface area contributed by atoms with Crippen LogP contribution in [0.2, 0.25) is 0 Å². The summed E-state index contributed by atoms with van der Waals surface area (Å²) in [6.07, 6.45) is 0.819. The van der Waals surface area contributed by atoms with E-state index >= 15 is 0 Å². The van der Waals surface area contributed by atoms with E-state index in [4.69, 9.17) is 9.47 Å². The second-order valence-corrected chi connectivity index (χ2v) is 7.96. The van der Waals surface area contributed by atoms with Crippen molar-refractivity contribution < 1.29 is 19.1 Å². The summed E-state index contributed by atoms with van der Waals surface area (Å²) in [7, 11) is 0. The molecule has 0 unspecified atom stereocenters. The molecule has 0 aromatic heterocycles. The number of allylic oxidation sites excluding steroid dienone is 1. The minimum absolute atomic E-state index is 0.139. The number of carbonyl (C=O) groups excluding carboxylic acids is 2. The Balaban J connectivity index is 2.07. The molecule has 0 saturated heterocycles. The Bertz CT molecular complexity index is 1030. The van der Waals surface area contributed by atoms with Crippen molar-refractivity contribution in [3.8, 4) is 11.5 Å². The van der Waals surface area contributed by atoms with Crippen LogP contribution in [0.25, 0.3) is 11.1 Å². The summed E-state index contributed by atoms with van der Waals surface area (Å²) in [4.78, 5) is 23.1. The van der Waals surface area contributed by atoms with Gasteiger partial charge in [0.15, 0.2) is 0 Å². The maximum absolute atomic E-state index is 11.6.